The number of halogens is 1. The van der Waals surface area contributed by atoms with Gasteiger partial charge in [-0.1, -0.05) is 0 Å². The Labute approximate surface area is 123 Å². The minimum atomic E-state index is -0.422. The van der Waals surface area contributed by atoms with Crippen LogP contribution in [-0.4, -0.2) is 17.1 Å². The average molecular weight is 305 g/mol. The summed E-state index contributed by atoms with van der Waals surface area (Å²) in [5, 5.41) is 4.90. The van der Waals surface area contributed by atoms with E-state index in [1.807, 2.05) is 5.38 Å². The molecule has 2 N–H and O–H groups in total. The number of aromatic nitrogens is 2. The van der Waals surface area contributed by atoms with Crippen LogP contribution >= 0.6 is 11.3 Å². The van der Waals surface area contributed by atoms with Gasteiger partial charge in [-0.15, -0.1) is 11.3 Å². The number of ether oxygens (including phenoxy) is 1. The Bertz CT molecular complexity index is 844. The Morgan fingerprint density at radius 2 is 2.29 bits per heavy atom. The van der Waals surface area contributed by atoms with Crippen molar-refractivity contribution >= 4 is 27.2 Å². The first-order valence-corrected chi connectivity index (χ1v) is 7.09. The third-order valence-corrected chi connectivity index (χ3v) is 3.88. The molecule has 0 atom stereocenters. The molecule has 108 valence electrons. The van der Waals surface area contributed by atoms with Crippen LogP contribution < -0.4 is 15.6 Å². The van der Waals surface area contributed by atoms with Gasteiger partial charge in [0.2, 0.25) is 0 Å². The second kappa shape index (κ2) is 5.53. The lowest BCUT2D eigenvalue weighted by molar-refractivity contribution is 0.387. The Hall–Kier alpha value is -2.41. The molecule has 0 aliphatic heterocycles. The molecule has 7 heteroatoms. The highest BCUT2D eigenvalue weighted by Crippen LogP contribution is 2.21. The Morgan fingerprint density at radius 3 is 3.10 bits per heavy atom. The highest BCUT2D eigenvalue weighted by Gasteiger charge is 2.06. The van der Waals surface area contributed by atoms with Crippen LogP contribution in [0, 0.1) is 5.82 Å². The maximum Gasteiger partial charge on any atom is 0.268 e. The number of fused-ring (bicyclic) bond motifs is 1. The maximum absolute atomic E-state index is 13.3. The number of methoxy groups -OCH3 is 1. The molecular formula is C14H12FN3O2S. The molecule has 3 aromatic rings. The van der Waals surface area contributed by atoms with Crippen LogP contribution in [0.5, 0.6) is 5.75 Å². The molecule has 0 unspecified atom stereocenters. The molecule has 1 aromatic carbocycles. The number of hydrogen-bond acceptors (Lipinski definition) is 5. The van der Waals surface area contributed by atoms with Crippen molar-refractivity contribution in [1.29, 1.82) is 0 Å². The van der Waals surface area contributed by atoms with Gasteiger partial charge in [0.05, 0.1) is 19.2 Å². The summed E-state index contributed by atoms with van der Waals surface area (Å²) in [5.41, 5.74) is 1.21. The summed E-state index contributed by atoms with van der Waals surface area (Å²) < 4.78 is 18.8. The number of thiophene rings is 1. The smallest absolute Gasteiger partial charge is 0.268 e. The SMILES string of the molecule is COc1cc(NCc2nc3ccsc3c(=O)[nH]2)ccc1F. The maximum atomic E-state index is 13.3. The van der Waals surface area contributed by atoms with Crippen molar-refractivity contribution < 1.29 is 9.13 Å². The topological polar surface area (TPSA) is 67.0 Å². The lowest BCUT2D eigenvalue weighted by Crippen LogP contribution is -2.13. The van der Waals surface area contributed by atoms with Crippen molar-refractivity contribution in [3.05, 3.63) is 51.6 Å². The van der Waals surface area contributed by atoms with Gasteiger partial charge in [0, 0.05) is 11.8 Å². The molecule has 0 saturated heterocycles. The molecule has 0 aliphatic rings. The number of benzene rings is 1. The van der Waals surface area contributed by atoms with E-state index in [-0.39, 0.29) is 11.3 Å². The second-order valence-corrected chi connectivity index (χ2v) is 5.27. The van der Waals surface area contributed by atoms with Crippen molar-refractivity contribution in [2.45, 2.75) is 6.54 Å². The number of anilines is 1. The van der Waals surface area contributed by atoms with Crippen molar-refractivity contribution in [1.82, 2.24) is 9.97 Å². The van der Waals surface area contributed by atoms with Gasteiger partial charge in [0.1, 0.15) is 10.5 Å². The predicted octanol–water partition coefficient (Wildman–Crippen LogP) is 2.74. The second-order valence-electron chi connectivity index (χ2n) is 4.35. The highest BCUT2D eigenvalue weighted by atomic mass is 32.1. The number of hydrogen-bond donors (Lipinski definition) is 2. The quantitative estimate of drug-likeness (QED) is 0.778. The van der Waals surface area contributed by atoms with Gasteiger partial charge in [-0.2, -0.15) is 0 Å². The molecule has 21 heavy (non-hydrogen) atoms. The fourth-order valence-electron chi connectivity index (χ4n) is 1.96. The van der Waals surface area contributed by atoms with E-state index in [9.17, 15) is 9.18 Å². The van der Waals surface area contributed by atoms with Crippen molar-refractivity contribution in [3.8, 4) is 5.75 Å². The van der Waals surface area contributed by atoms with Crippen molar-refractivity contribution in [2.24, 2.45) is 0 Å². The highest BCUT2D eigenvalue weighted by molar-refractivity contribution is 7.17. The molecule has 3 rings (SSSR count). The third-order valence-electron chi connectivity index (χ3n) is 2.97. The van der Waals surface area contributed by atoms with Crippen LogP contribution in [0.2, 0.25) is 0 Å². The van der Waals surface area contributed by atoms with E-state index < -0.39 is 5.82 Å². The van der Waals surface area contributed by atoms with E-state index in [0.717, 1.165) is 0 Å². The zero-order chi connectivity index (χ0) is 14.8. The first-order valence-electron chi connectivity index (χ1n) is 6.21. The molecule has 0 radical (unpaired) electrons. The zero-order valence-corrected chi connectivity index (χ0v) is 12.0. The summed E-state index contributed by atoms with van der Waals surface area (Å²) >= 11 is 1.36. The summed E-state index contributed by atoms with van der Waals surface area (Å²) in [6.07, 6.45) is 0. The summed E-state index contributed by atoms with van der Waals surface area (Å²) in [6, 6.07) is 6.27. The van der Waals surface area contributed by atoms with E-state index in [1.165, 1.54) is 24.5 Å². The average Bonchev–Trinajstić information content (AvgIpc) is 2.95. The Balaban J connectivity index is 1.81. The summed E-state index contributed by atoms with van der Waals surface area (Å²) in [4.78, 5) is 18.9. The number of H-pyrrole nitrogens is 1. The number of rotatable bonds is 4. The van der Waals surface area contributed by atoms with E-state index >= 15 is 0 Å². The fraction of sp³-hybridized carbons (Fsp3) is 0.143. The van der Waals surface area contributed by atoms with E-state index in [0.29, 0.717) is 28.3 Å². The molecule has 5 nitrogen and oxygen atoms in total. The van der Waals surface area contributed by atoms with E-state index in [1.54, 1.807) is 18.2 Å². The van der Waals surface area contributed by atoms with Crippen LogP contribution in [0.25, 0.3) is 10.2 Å². The van der Waals surface area contributed by atoms with Gasteiger partial charge in [0.25, 0.3) is 5.56 Å². The summed E-state index contributed by atoms with van der Waals surface area (Å²) in [6.45, 7) is 0.329. The normalized spacial score (nSPS) is 10.8. The third kappa shape index (κ3) is 2.73. The van der Waals surface area contributed by atoms with Gasteiger partial charge in [-0.25, -0.2) is 9.37 Å². The first kappa shape index (κ1) is 13.6. The Morgan fingerprint density at radius 1 is 1.43 bits per heavy atom. The van der Waals surface area contributed by atoms with Gasteiger partial charge < -0.3 is 15.0 Å². The predicted molar refractivity (Wildman–Crippen MR) is 80.5 cm³/mol. The lowest BCUT2D eigenvalue weighted by atomic mass is 10.3. The summed E-state index contributed by atoms with van der Waals surface area (Å²) in [5.74, 6) is 0.262. The Kier molecular flexibility index (Phi) is 3.57. The van der Waals surface area contributed by atoms with Crippen LogP contribution in [0.3, 0.4) is 0 Å². The molecule has 0 amide bonds. The number of nitrogens with one attached hydrogen (secondary N) is 2. The molecule has 0 aliphatic carbocycles. The molecule has 0 saturated carbocycles. The largest absolute Gasteiger partial charge is 0.494 e. The zero-order valence-electron chi connectivity index (χ0n) is 11.1. The summed E-state index contributed by atoms with van der Waals surface area (Å²) in [7, 11) is 1.41. The molecule has 2 heterocycles. The van der Waals surface area contributed by atoms with Crippen molar-refractivity contribution in [3.63, 3.8) is 0 Å². The first-order chi connectivity index (χ1) is 10.2. The van der Waals surface area contributed by atoms with Crippen molar-refractivity contribution in [2.75, 3.05) is 12.4 Å². The number of nitrogens with zero attached hydrogens (tertiary/aromatic N) is 1. The minimum Gasteiger partial charge on any atom is -0.494 e. The van der Waals surface area contributed by atoms with Gasteiger partial charge in [-0.05, 0) is 23.6 Å². The van der Waals surface area contributed by atoms with Crippen LogP contribution in [0.4, 0.5) is 10.1 Å². The monoisotopic (exact) mass is 305 g/mol. The molecule has 2 aromatic heterocycles. The molecular weight excluding hydrogens is 293 g/mol. The van der Waals surface area contributed by atoms with Gasteiger partial charge in [0.15, 0.2) is 11.6 Å². The van der Waals surface area contributed by atoms with Crippen LogP contribution in [0.1, 0.15) is 5.82 Å². The number of aromatic amines is 1. The minimum absolute atomic E-state index is 0.150. The fourth-order valence-corrected chi connectivity index (χ4v) is 2.69. The molecule has 0 bridgehead atoms. The van der Waals surface area contributed by atoms with E-state index in [2.05, 4.69) is 15.3 Å². The van der Waals surface area contributed by atoms with Crippen LogP contribution in [-0.2, 0) is 6.54 Å². The van der Waals surface area contributed by atoms with Gasteiger partial charge >= 0.3 is 0 Å². The lowest BCUT2D eigenvalue weighted by Gasteiger charge is -2.08. The standard InChI is InChI=1S/C14H12FN3O2S/c1-20-11-6-8(2-3-9(11)15)16-7-12-17-10-4-5-21-13(10)14(19)18-12/h2-6,16H,7H2,1H3,(H,17,18,19). The molecule has 0 fully saturated rings. The van der Waals surface area contributed by atoms with E-state index in [4.69, 9.17) is 4.74 Å². The van der Waals surface area contributed by atoms with Gasteiger partial charge in [-0.3, -0.25) is 4.79 Å². The molecule has 0 spiro atoms. The van der Waals surface area contributed by atoms with Crippen LogP contribution in [0.15, 0.2) is 34.4 Å².